The van der Waals surface area contributed by atoms with Crippen LogP contribution in [0.4, 0.5) is 16.2 Å². The Morgan fingerprint density at radius 2 is 1.17 bits per heavy atom. The SMILES string of the molecule is COc1ccc(Cc2ccc(O)c(NC(=O)OC(C)(C)C)c2)cc1.C[C@]12C=CC(=O)C=C1CC[C@@H]1[C@@H]2[C@@H](O)C[C@@]2(C)[C@H]1C[C@@H](O)[C@]2(O)C(=O)CO.C[C@]12C=CC(=O)C=C1CC[C@@H]1[C@@H]2[C@@H](O)C[C@@]2(C)[C@H]1C[C@H]1O[C@@H](c3ccc(Cc4ccc(O)c(N)c4)cc3)O[C@]12C(=O)CO. The number of nitrogens with one attached hydrogen (secondary N) is 1. The van der Waals surface area contributed by atoms with E-state index in [2.05, 4.69) is 12.2 Å². The molecule has 9 aliphatic rings. The number of hydrogen-bond acceptors (Lipinski definition) is 18. The van der Waals surface area contributed by atoms with Gasteiger partial charge in [0.15, 0.2) is 40.6 Å². The van der Waals surface area contributed by atoms with Crippen molar-refractivity contribution < 1.29 is 83.8 Å². The molecular formula is C75H90N2O17. The summed E-state index contributed by atoms with van der Waals surface area (Å²) >= 11 is 0. The lowest BCUT2D eigenvalue weighted by Gasteiger charge is -2.59. The number of nitrogens with two attached hydrogens (primary N) is 1. The largest absolute Gasteiger partial charge is 0.506 e. The van der Waals surface area contributed by atoms with Gasteiger partial charge in [-0.25, -0.2) is 4.79 Å². The molecule has 502 valence electrons. The van der Waals surface area contributed by atoms with Crippen LogP contribution in [0, 0.1) is 57.2 Å². The Balaban J connectivity index is 0.000000153. The maximum atomic E-state index is 13.7. The number of phenolic OH excluding ortho intramolecular Hbond substituents is 2. The minimum atomic E-state index is -2.05. The molecule has 19 nitrogen and oxygen atoms in total. The highest BCUT2D eigenvalue weighted by atomic mass is 16.7. The maximum Gasteiger partial charge on any atom is 0.412 e. The minimum Gasteiger partial charge on any atom is -0.506 e. The Labute approximate surface area is 548 Å². The van der Waals surface area contributed by atoms with Crippen molar-refractivity contribution in [2.45, 2.75) is 160 Å². The van der Waals surface area contributed by atoms with Crippen LogP contribution in [0.2, 0.25) is 0 Å². The number of ether oxygens (including phenoxy) is 4. The third-order valence-corrected chi connectivity index (χ3v) is 23.1. The van der Waals surface area contributed by atoms with Crippen molar-refractivity contribution in [2.75, 3.05) is 31.4 Å². The van der Waals surface area contributed by atoms with Gasteiger partial charge in [-0.15, -0.1) is 0 Å². The van der Waals surface area contributed by atoms with E-state index in [4.69, 9.17) is 24.7 Å². The average Bonchev–Trinajstić information content (AvgIpc) is 1.49. The Morgan fingerprint density at radius 3 is 1.69 bits per heavy atom. The van der Waals surface area contributed by atoms with Crippen LogP contribution in [0.15, 0.2) is 133 Å². The Kier molecular flexibility index (Phi) is 18.4. The third-order valence-electron chi connectivity index (χ3n) is 23.1. The molecule has 0 radical (unpaired) electrons. The fraction of sp³-hybridized carbons (Fsp3) is 0.507. The van der Waals surface area contributed by atoms with E-state index < -0.39 is 100 Å². The number of nitrogen functional groups attached to an aromatic ring is 1. The zero-order valence-corrected chi connectivity index (χ0v) is 54.7. The summed E-state index contributed by atoms with van der Waals surface area (Å²) in [5.74, 6) is -0.556. The second-order valence-corrected chi connectivity index (χ2v) is 29.5. The van der Waals surface area contributed by atoms with Gasteiger partial charge in [-0.2, -0.15) is 0 Å². The lowest BCUT2D eigenvalue weighted by molar-refractivity contribution is -0.201. The molecule has 4 aromatic carbocycles. The molecule has 13 rings (SSSR count). The molecule has 1 amide bonds. The molecule has 6 saturated carbocycles. The Morgan fingerprint density at radius 1 is 0.670 bits per heavy atom. The highest BCUT2D eigenvalue weighted by Crippen LogP contribution is 2.71. The maximum absolute atomic E-state index is 13.7. The van der Waals surface area contributed by atoms with Crippen molar-refractivity contribution in [3.05, 3.63) is 160 Å². The molecule has 94 heavy (non-hydrogen) atoms. The van der Waals surface area contributed by atoms with Crippen LogP contribution >= 0.6 is 0 Å². The van der Waals surface area contributed by atoms with E-state index in [1.54, 1.807) is 83.4 Å². The first-order valence-corrected chi connectivity index (χ1v) is 32.7. The van der Waals surface area contributed by atoms with E-state index in [0.717, 1.165) is 70.4 Å². The van der Waals surface area contributed by atoms with Crippen molar-refractivity contribution in [3.8, 4) is 17.2 Å². The highest BCUT2D eigenvalue weighted by Gasteiger charge is 2.76. The molecule has 0 unspecified atom stereocenters. The predicted octanol–water partition coefficient (Wildman–Crippen LogP) is 9.04. The fourth-order valence-corrected chi connectivity index (χ4v) is 18.7. The number of allylic oxidation sites excluding steroid dienone is 8. The number of Topliss-reactive ketones (excluding diaryl/α,β-unsaturated/α-hetero) is 2. The first kappa shape index (κ1) is 68.1. The van der Waals surface area contributed by atoms with Gasteiger partial charge in [-0.05, 0) is 192 Å². The summed E-state index contributed by atoms with van der Waals surface area (Å²) in [6.07, 6.45) is 11.5. The van der Waals surface area contributed by atoms with Gasteiger partial charge in [0.1, 0.15) is 36.1 Å². The number of benzene rings is 4. The van der Waals surface area contributed by atoms with Crippen molar-refractivity contribution in [3.63, 3.8) is 0 Å². The highest BCUT2D eigenvalue weighted by molar-refractivity contribution is 6.02. The zero-order valence-electron chi connectivity index (χ0n) is 54.7. The smallest absolute Gasteiger partial charge is 0.412 e. The topological polar surface area (TPSA) is 322 Å². The third kappa shape index (κ3) is 11.7. The molecule has 0 bridgehead atoms. The van der Waals surface area contributed by atoms with E-state index in [9.17, 15) is 64.8 Å². The van der Waals surface area contributed by atoms with Crippen LogP contribution in [0.3, 0.4) is 0 Å². The number of fused-ring (bicyclic) bond motifs is 12. The second-order valence-electron chi connectivity index (χ2n) is 29.5. The predicted molar refractivity (Wildman–Crippen MR) is 349 cm³/mol. The number of methoxy groups -OCH3 is 1. The molecular weight excluding hydrogens is 1200 g/mol. The van der Waals surface area contributed by atoms with Crippen LogP contribution in [-0.4, -0.2) is 132 Å². The monoisotopic (exact) mass is 1290 g/mol. The summed E-state index contributed by atoms with van der Waals surface area (Å²) in [4.78, 5) is 62.0. The second kappa shape index (κ2) is 25.3. The number of hydrogen-bond donors (Lipinski definition) is 10. The fourth-order valence-electron chi connectivity index (χ4n) is 18.7. The molecule has 7 fully saturated rings. The number of rotatable bonds is 11. The Hall–Kier alpha value is -7.33. The lowest BCUT2D eigenvalue weighted by Crippen LogP contribution is -2.63. The summed E-state index contributed by atoms with van der Waals surface area (Å²) in [5.41, 5.74) is 6.86. The molecule has 11 N–H and O–H groups in total. The van der Waals surface area contributed by atoms with Crippen LogP contribution in [0.1, 0.15) is 134 Å². The van der Waals surface area contributed by atoms with Gasteiger partial charge < -0.3 is 65.5 Å². The summed E-state index contributed by atoms with van der Waals surface area (Å²) < 4.78 is 23.6. The normalized spacial score (nSPS) is 35.6. The van der Waals surface area contributed by atoms with E-state index in [1.165, 1.54) is 0 Å². The molecule has 1 saturated heterocycles. The van der Waals surface area contributed by atoms with E-state index in [-0.39, 0.29) is 71.4 Å². The van der Waals surface area contributed by atoms with Gasteiger partial charge in [-0.1, -0.05) is 99.5 Å². The lowest BCUT2D eigenvalue weighted by atomic mass is 9.46. The summed E-state index contributed by atoms with van der Waals surface area (Å²) in [6.45, 7) is 11.8. The average molecular weight is 1290 g/mol. The minimum absolute atomic E-state index is 0.000611. The molecule has 17 atom stereocenters. The van der Waals surface area contributed by atoms with Crippen LogP contribution < -0.4 is 15.8 Å². The van der Waals surface area contributed by atoms with Gasteiger partial charge >= 0.3 is 6.09 Å². The molecule has 8 aliphatic carbocycles. The number of aliphatic hydroxyl groups excluding tert-OH is 5. The Bertz CT molecular complexity index is 3740. The first-order chi connectivity index (χ1) is 44.4. The molecule has 0 aromatic heterocycles. The standard InChI is InChI=1S/C35H39NO7.C21H28O6.C19H23NO4/c1-33-12-11-23(38)15-22(33)8-9-24-25-16-30-35(29(41)18-37,34(25,2)17-28(40)31(24)33)43-32(42-30)21-6-3-19(4-7-21)13-20-5-10-27(39)26(36)14-20;1-19-6-5-12(23)7-11(19)3-4-13-14-8-16(25)21(27,17(26)10-22)20(14,2)9-15(24)18(13)19;1-19(2,3)24-18(22)20-16-12-14(7-10-17(16)21)11-13-5-8-15(23-4)9-6-13/h3-7,10-12,14-15,24-25,28,30-32,37,39-40H,8-9,13,16-18,36H2,1-2H3;5-7,13-16,18,22,24-25,27H,3-4,8-10H2,1-2H3;5-10,12,21H,11H2,1-4H3,(H,20,22)/t24-,25-,28-,30+,31+,32+,33-,34-,35+;13-,14-,15-,16+,18+,19-,20-,21-;/m00./s1. The number of aliphatic hydroxyl groups is 6. The van der Waals surface area contributed by atoms with E-state index in [1.807, 2.05) is 86.7 Å². The van der Waals surface area contributed by atoms with Gasteiger partial charge in [0.2, 0.25) is 0 Å². The van der Waals surface area contributed by atoms with Crippen molar-refractivity contribution >= 4 is 40.6 Å². The number of anilines is 2. The number of aromatic hydroxyl groups is 2. The number of phenols is 2. The van der Waals surface area contributed by atoms with Gasteiger partial charge in [-0.3, -0.25) is 24.5 Å². The summed E-state index contributed by atoms with van der Waals surface area (Å²) in [5, 5.41) is 86.6. The number of carbonyl (C=O) groups excluding carboxylic acids is 5. The van der Waals surface area contributed by atoms with Crippen LogP contribution in [0.5, 0.6) is 17.2 Å². The molecule has 1 aliphatic heterocycles. The number of amides is 1. The quantitative estimate of drug-likeness (QED) is 0.0494. The summed E-state index contributed by atoms with van der Waals surface area (Å²) in [6, 6.07) is 25.9. The number of carbonyl (C=O) groups is 5. The van der Waals surface area contributed by atoms with Gasteiger partial charge in [0, 0.05) is 39.1 Å². The van der Waals surface area contributed by atoms with Crippen molar-refractivity contribution in [1.29, 1.82) is 0 Å². The molecule has 0 spiro atoms. The number of ketones is 4. The molecule has 1 heterocycles. The van der Waals surface area contributed by atoms with Gasteiger partial charge in [0.05, 0.1) is 42.9 Å². The zero-order chi connectivity index (χ0) is 67.8. The summed E-state index contributed by atoms with van der Waals surface area (Å²) in [7, 11) is 1.63. The van der Waals surface area contributed by atoms with Crippen molar-refractivity contribution in [1.82, 2.24) is 0 Å². The van der Waals surface area contributed by atoms with Crippen molar-refractivity contribution in [2.24, 2.45) is 57.2 Å². The van der Waals surface area contributed by atoms with Crippen LogP contribution in [0.25, 0.3) is 0 Å². The van der Waals surface area contributed by atoms with Crippen LogP contribution in [-0.2, 0) is 46.2 Å². The van der Waals surface area contributed by atoms with E-state index >= 15 is 0 Å². The van der Waals surface area contributed by atoms with E-state index in [0.29, 0.717) is 37.1 Å². The first-order valence-electron chi connectivity index (χ1n) is 32.7. The molecule has 19 heteroatoms. The van der Waals surface area contributed by atoms with Gasteiger partial charge in [0.25, 0.3) is 0 Å². The molecule has 4 aromatic rings.